The van der Waals surface area contributed by atoms with Gasteiger partial charge >= 0.3 is 6.03 Å². The van der Waals surface area contributed by atoms with Gasteiger partial charge in [-0.25, -0.2) is 9.18 Å². The topological polar surface area (TPSA) is 44.4 Å². The molecule has 2 atom stereocenters. The maximum absolute atomic E-state index is 13.5. The summed E-state index contributed by atoms with van der Waals surface area (Å²) in [6.07, 6.45) is 2.28. The first-order valence-electron chi connectivity index (χ1n) is 9.06. The van der Waals surface area contributed by atoms with Gasteiger partial charge in [0.2, 0.25) is 0 Å². The number of nitrogens with zero attached hydrogens (tertiary/aromatic N) is 1. The number of carbonyl (C=O) groups is 1. The van der Waals surface area contributed by atoms with Gasteiger partial charge < -0.3 is 15.5 Å². The van der Waals surface area contributed by atoms with E-state index in [0.717, 1.165) is 24.0 Å². The Morgan fingerprint density at radius 2 is 1.81 bits per heavy atom. The van der Waals surface area contributed by atoms with E-state index in [1.165, 1.54) is 12.1 Å². The van der Waals surface area contributed by atoms with Gasteiger partial charge in [-0.3, -0.25) is 0 Å². The van der Waals surface area contributed by atoms with Crippen LogP contribution in [0.1, 0.15) is 36.1 Å². The lowest BCUT2D eigenvalue weighted by Crippen LogP contribution is -2.42. The van der Waals surface area contributed by atoms with E-state index in [0.29, 0.717) is 12.5 Å². The summed E-state index contributed by atoms with van der Waals surface area (Å²) in [5.74, 6) is 0.243. The second kappa shape index (κ2) is 8.32. The summed E-state index contributed by atoms with van der Waals surface area (Å²) >= 11 is 0. The van der Waals surface area contributed by atoms with Gasteiger partial charge in [-0.2, -0.15) is 0 Å². The monoisotopic (exact) mass is 355 g/mol. The van der Waals surface area contributed by atoms with Crippen molar-refractivity contribution in [2.75, 3.05) is 20.6 Å². The largest absolute Gasteiger partial charge is 0.336 e. The average Bonchev–Trinajstić information content (AvgIpc) is 3.45. The van der Waals surface area contributed by atoms with E-state index in [-0.39, 0.29) is 23.9 Å². The van der Waals surface area contributed by atoms with Crippen LogP contribution in [0.15, 0.2) is 54.6 Å². The van der Waals surface area contributed by atoms with Gasteiger partial charge in [0, 0.05) is 6.54 Å². The van der Waals surface area contributed by atoms with Crippen LogP contribution in [0.5, 0.6) is 0 Å². The van der Waals surface area contributed by atoms with Gasteiger partial charge in [0.05, 0.1) is 12.1 Å². The summed E-state index contributed by atoms with van der Waals surface area (Å²) in [6, 6.07) is 16.4. The lowest BCUT2D eigenvalue weighted by atomic mass is 10.0. The van der Waals surface area contributed by atoms with Crippen molar-refractivity contribution in [2.24, 2.45) is 5.92 Å². The molecule has 0 aliphatic heterocycles. The zero-order valence-electron chi connectivity index (χ0n) is 15.3. The standard InChI is InChI=1S/C21H26FN3O/c1-25(2)19(17-9-6-10-18(22)13-17)14-23-21(26)24-20(16-11-12-16)15-7-4-3-5-8-15/h3-10,13,16,19-20H,11-12,14H2,1-2H3,(H2,23,24,26). The summed E-state index contributed by atoms with van der Waals surface area (Å²) < 4.78 is 13.5. The van der Waals surface area contributed by atoms with E-state index < -0.39 is 0 Å². The fourth-order valence-electron chi connectivity index (χ4n) is 3.26. The van der Waals surface area contributed by atoms with Crippen LogP contribution in [-0.2, 0) is 0 Å². The van der Waals surface area contributed by atoms with Crippen molar-refractivity contribution in [1.82, 2.24) is 15.5 Å². The Labute approximate surface area is 154 Å². The molecule has 138 valence electrons. The van der Waals surface area contributed by atoms with Crippen molar-refractivity contribution in [3.63, 3.8) is 0 Å². The Balaban J connectivity index is 1.61. The third-order valence-corrected chi connectivity index (χ3v) is 4.85. The van der Waals surface area contributed by atoms with Crippen LogP contribution < -0.4 is 10.6 Å². The van der Waals surface area contributed by atoms with Crippen LogP contribution in [0.25, 0.3) is 0 Å². The molecule has 2 N–H and O–H groups in total. The molecular weight excluding hydrogens is 329 g/mol. The molecule has 2 amide bonds. The van der Waals surface area contributed by atoms with E-state index in [9.17, 15) is 9.18 Å². The van der Waals surface area contributed by atoms with Gasteiger partial charge in [-0.1, -0.05) is 42.5 Å². The van der Waals surface area contributed by atoms with Gasteiger partial charge in [-0.05, 0) is 56.1 Å². The molecule has 26 heavy (non-hydrogen) atoms. The molecule has 2 unspecified atom stereocenters. The minimum atomic E-state index is -0.267. The maximum Gasteiger partial charge on any atom is 0.315 e. The van der Waals surface area contributed by atoms with Gasteiger partial charge in [0.15, 0.2) is 0 Å². The molecule has 0 spiro atoms. The highest BCUT2D eigenvalue weighted by molar-refractivity contribution is 5.74. The number of hydrogen-bond acceptors (Lipinski definition) is 2. The van der Waals surface area contributed by atoms with Crippen LogP contribution in [-0.4, -0.2) is 31.6 Å². The third-order valence-electron chi connectivity index (χ3n) is 4.85. The summed E-state index contributed by atoms with van der Waals surface area (Å²) in [5, 5.41) is 6.06. The number of likely N-dealkylation sites (N-methyl/N-ethyl adjacent to an activating group) is 1. The van der Waals surface area contributed by atoms with E-state index in [4.69, 9.17) is 0 Å². The third kappa shape index (κ3) is 4.82. The second-order valence-corrected chi connectivity index (χ2v) is 7.11. The Bertz CT molecular complexity index is 731. The van der Waals surface area contributed by atoms with Gasteiger partial charge in [-0.15, -0.1) is 0 Å². The van der Waals surface area contributed by atoms with Gasteiger partial charge in [0.25, 0.3) is 0 Å². The van der Waals surface area contributed by atoms with Crippen molar-refractivity contribution >= 4 is 6.03 Å². The lowest BCUT2D eigenvalue weighted by Gasteiger charge is -2.26. The minimum absolute atomic E-state index is 0.0446. The quantitative estimate of drug-likeness (QED) is 0.792. The Hall–Kier alpha value is -2.40. The molecule has 1 aliphatic rings. The first-order valence-corrected chi connectivity index (χ1v) is 9.06. The molecule has 0 heterocycles. The van der Waals surface area contributed by atoms with E-state index in [1.54, 1.807) is 6.07 Å². The van der Waals surface area contributed by atoms with Crippen LogP contribution in [0.2, 0.25) is 0 Å². The summed E-state index contributed by atoms with van der Waals surface area (Å²) in [6.45, 7) is 0.411. The summed E-state index contributed by atoms with van der Waals surface area (Å²) in [4.78, 5) is 14.4. The molecule has 0 aromatic heterocycles. The Kier molecular flexibility index (Phi) is 5.89. The zero-order chi connectivity index (χ0) is 18.5. The van der Waals surface area contributed by atoms with Crippen molar-refractivity contribution in [3.05, 3.63) is 71.5 Å². The number of rotatable bonds is 7. The molecule has 1 aliphatic carbocycles. The summed E-state index contributed by atoms with van der Waals surface area (Å²) in [5.41, 5.74) is 1.98. The highest BCUT2D eigenvalue weighted by atomic mass is 19.1. The number of nitrogens with one attached hydrogen (secondary N) is 2. The Morgan fingerprint density at radius 1 is 1.12 bits per heavy atom. The molecule has 0 radical (unpaired) electrons. The molecule has 0 saturated heterocycles. The van der Waals surface area contributed by atoms with Crippen LogP contribution in [0.4, 0.5) is 9.18 Å². The fraction of sp³-hybridized carbons (Fsp3) is 0.381. The molecular formula is C21H26FN3O. The highest BCUT2D eigenvalue weighted by Crippen LogP contribution is 2.40. The Morgan fingerprint density at radius 3 is 2.42 bits per heavy atom. The van der Waals surface area contributed by atoms with Crippen molar-refractivity contribution in [1.29, 1.82) is 0 Å². The van der Waals surface area contributed by atoms with Crippen LogP contribution in [0.3, 0.4) is 0 Å². The molecule has 2 aromatic rings. The molecule has 2 aromatic carbocycles. The number of carbonyl (C=O) groups excluding carboxylic acids is 1. The number of hydrogen-bond donors (Lipinski definition) is 2. The SMILES string of the molecule is CN(C)C(CNC(=O)NC(c1ccccc1)C1CC1)c1cccc(F)c1. The van der Waals surface area contributed by atoms with Crippen LogP contribution in [0, 0.1) is 11.7 Å². The lowest BCUT2D eigenvalue weighted by molar-refractivity contribution is 0.228. The number of halogens is 1. The van der Waals surface area contributed by atoms with E-state index in [1.807, 2.05) is 43.3 Å². The molecule has 4 nitrogen and oxygen atoms in total. The van der Waals surface area contributed by atoms with Gasteiger partial charge in [0.1, 0.15) is 5.82 Å². The number of urea groups is 1. The van der Waals surface area contributed by atoms with Crippen molar-refractivity contribution in [2.45, 2.75) is 24.9 Å². The minimum Gasteiger partial charge on any atom is -0.336 e. The number of amides is 2. The van der Waals surface area contributed by atoms with Crippen LogP contribution >= 0.6 is 0 Å². The predicted octanol–water partition coefficient (Wildman–Crippen LogP) is 3.88. The van der Waals surface area contributed by atoms with E-state index in [2.05, 4.69) is 22.8 Å². The normalized spacial score (nSPS) is 16.2. The second-order valence-electron chi connectivity index (χ2n) is 7.11. The smallest absolute Gasteiger partial charge is 0.315 e. The molecule has 1 fully saturated rings. The zero-order valence-corrected chi connectivity index (χ0v) is 15.3. The first kappa shape index (κ1) is 18.4. The van der Waals surface area contributed by atoms with Crippen molar-refractivity contribution < 1.29 is 9.18 Å². The fourth-order valence-corrected chi connectivity index (χ4v) is 3.26. The van der Waals surface area contributed by atoms with Crippen molar-refractivity contribution in [3.8, 4) is 0 Å². The molecule has 5 heteroatoms. The summed E-state index contributed by atoms with van der Waals surface area (Å²) in [7, 11) is 3.85. The number of benzene rings is 2. The highest BCUT2D eigenvalue weighted by Gasteiger charge is 2.33. The predicted molar refractivity (Wildman–Crippen MR) is 101 cm³/mol. The molecule has 3 rings (SSSR count). The molecule has 0 bridgehead atoms. The first-order chi connectivity index (χ1) is 12.5. The maximum atomic E-state index is 13.5. The van der Waals surface area contributed by atoms with E-state index >= 15 is 0 Å². The average molecular weight is 355 g/mol. The molecule has 1 saturated carbocycles.